The van der Waals surface area contributed by atoms with E-state index < -0.39 is 23.8 Å². The van der Waals surface area contributed by atoms with E-state index in [9.17, 15) is 24.3 Å². The van der Waals surface area contributed by atoms with Crippen LogP contribution in [-0.2, 0) is 9.59 Å². The van der Waals surface area contributed by atoms with E-state index in [1.165, 1.54) is 36.4 Å². The topological polar surface area (TPSA) is 131 Å². The lowest BCUT2D eigenvalue weighted by Gasteiger charge is -2.27. The highest BCUT2D eigenvalue weighted by Crippen LogP contribution is 2.34. The quantitative estimate of drug-likeness (QED) is 0.388. The van der Waals surface area contributed by atoms with E-state index in [1.807, 2.05) is 6.92 Å². The number of carbonyl (C=O) groups is 4. The lowest BCUT2D eigenvalue weighted by atomic mass is 10.0. The Morgan fingerprint density at radius 1 is 0.943 bits per heavy atom. The number of anilines is 1. The molecule has 2 aromatic carbocycles. The van der Waals surface area contributed by atoms with Gasteiger partial charge in [0.25, 0.3) is 11.8 Å². The number of hydrogen-bond donors (Lipinski definition) is 2. The summed E-state index contributed by atoms with van der Waals surface area (Å²) in [5, 5.41) is 11.5. The molecule has 0 radical (unpaired) electrons. The molecule has 184 valence electrons. The van der Waals surface area contributed by atoms with Crippen LogP contribution in [-0.4, -0.2) is 48.7 Å². The molecule has 10 heteroatoms. The third kappa shape index (κ3) is 5.60. The smallest absolute Gasteiger partial charge is 0.335 e. The molecule has 1 aliphatic heterocycles. The summed E-state index contributed by atoms with van der Waals surface area (Å²) >= 11 is 0. The van der Waals surface area contributed by atoms with Gasteiger partial charge in [0, 0.05) is 11.6 Å². The highest BCUT2D eigenvalue weighted by molar-refractivity contribution is 6.39. The minimum absolute atomic E-state index is 0.0547. The maximum atomic E-state index is 13.3. The van der Waals surface area contributed by atoms with E-state index >= 15 is 0 Å². The number of imide groups is 2. The van der Waals surface area contributed by atoms with E-state index in [4.69, 9.17) is 14.2 Å². The van der Waals surface area contributed by atoms with Gasteiger partial charge < -0.3 is 19.3 Å². The first-order valence-electron chi connectivity index (χ1n) is 11.1. The summed E-state index contributed by atoms with van der Waals surface area (Å²) in [6, 6.07) is 7.73. The van der Waals surface area contributed by atoms with E-state index in [-0.39, 0.29) is 34.7 Å². The fourth-order valence-electron chi connectivity index (χ4n) is 3.36. The number of aromatic carboxylic acids is 1. The van der Waals surface area contributed by atoms with Gasteiger partial charge >= 0.3 is 12.0 Å². The Labute approximate surface area is 202 Å². The normalized spacial score (nSPS) is 14.7. The number of ether oxygens (including phenoxy) is 3. The number of barbiturate groups is 1. The Bertz CT molecular complexity index is 1190. The van der Waals surface area contributed by atoms with Gasteiger partial charge in [0.15, 0.2) is 11.5 Å². The number of carboxylic acids is 1. The molecule has 0 spiro atoms. The maximum Gasteiger partial charge on any atom is 0.335 e. The van der Waals surface area contributed by atoms with Gasteiger partial charge in [-0.05, 0) is 56.7 Å². The van der Waals surface area contributed by atoms with Crippen molar-refractivity contribution in [1.82, 2.24) is 5.32 Å². The van der Waals surface area contributed by atoms with Gasteiger partial charge in [0.1, 0.15) is 11.3 Å². The molecule has 10 nitrogen and oxygen atoms in total. The van der Waals surface area contributed by atoms with Gasteiger partial charge in [-0.3, -0.25) is 14.9 Å². The van der Waals surface area contributed by atoms with Crippen LogP contribution in [0.4, 0.5) is 10.5 Å². The highest BCUT2D eigenvalue weighted by atomic mass is 16.5. The molecule has 0 unspecified atom stereocenters. The van der Waals surface area contributed by atoms with Crippen LogP contribution in [0.3, 0.4) is 0 Å². The van der Waals surface area contributed by atoms with Gasteiger partial charge in [-0.25, -0.2) is 14.5 Å². The molecule has 2 aromatic rings. The minimum Gasteiger partial charge on any atom is -0.493 e. The lowest BCUT2D eigenvalue weighted by Crippen LogP contribution is -2.54. The Balaban J connectivity index is 2.05. The molecule has 0 saturated carbocycles. The second-order valence-corrected chi connectivity index (χ2v) is 7.36. The van der Waals surface area contributed by atoms with E-state index in [0.29, 0.717) is 24.7 Å². The first kappa shape index (κ1) is 25.3. The molecule has 1 saturated heterocycles. The monoisotopic (exact) mass is 482 g/mol. The van der Waals surface area contributed by atoms with Crippen LogP contribution in [0.5, 0.6) is 17.2 Å². The number of nitrogens with one attached hydrogen (secondary N) is 1. The summed E-state index contributed by atoms with van der Waals surface area (Å²) in [4.78, 5) is 50.7. The Morgan fingerprint density at radius 2 is 1.63 bits per heavy atom. The second kappa shape index (κ2) is 11.2. The Morgan fingerprint density at radius 3 is 2.29 bits per heavy atom. The summed E-state index contributed by atoms with van der Waals surface area (Å²) in [6.07, 6.45) is 1.99. The van der Waals surface area contributed by atoms with Crippen molar-refractivity contribution in [3.63, 3.8) is 0 Å². The molecule has 1 fully saturated rings. The van der Waals surface area contributed by atoms with Gasteiger partial charge in [0.05, 0.1) is 31.1 Å². The summed E-state index contributed by atoms with van der Waals surface area (Å²) in [7, 11) is 0. The molecule has 1 aliphatic rings. The summed E-state index contributed by atoms with van der Waals surface area (Å²) in [5.74, 6) is -1.89. The van der Waals surface area contributed by atoms with Crippen molar-refractivity contribution in [2.45, 2.75) is 27.2 Å². The molecular formula is C25H26N2O8. The molecule has 0 atom stereocenters. The number of carbonyl (C=O) groups excluding carboxylic acids is 3. The van der Waals surface area contributed by atoms with Gasteiger partial charge in [-0.1, -0.05) is 6.92 Å². The van der Waals surface area contributed by atoms with E-state index in [2.05, 4.69) is 5.32 Å². The molecule has 2 N–H and O–H groups in total. The van der Waals surface area contributed by atoms with E-state index in [1.54, 1.807) is 19.9 Å². The zero-order valence-corrected chi connectivity index (χ0v) is 19.6. The van der Waals surface area contributed by atoms with Crippen molar-refractivity contribution in [3.05, 3.63) is 53.1 Å². The van der Waals surface area contributed by atoms with Crippen molar-refractivity contribution in [2.24, 2.45) is 0 Å². The number of benzene rings is 2. The Kier molecular flexibility index (Phi) is 8.08. The van der Waals surface area contributed by atoms with Crippen LogP contribution in [0, 0.1) is 0 Å². The molecule has 35 heavy (non-hydrogen) atoms. The van der Waals surface area contributed by atoms with Gasteiger partial charge in [-0.2, -0.15) is 0 Å². The standard InChI is InChI=1S/C25H26N2O8/c1-4-11-35-20-10-8-17(14-21(20)34-6-3)27-23(29)18(22(28)26-25(27)32)13-16-12-15(24(30)31)7-9-19(16)33-5-2/h7-10,12-14H,4-6,11H2,1-3H3,(H,30,31)(H,26,28,32)/b18-13+. The number of urea groups is 1. The maximum absolute atomic E-state index is 13.3. The molecule has 0 aliphatic carbocycles. The van der Waals surface area contributed by atoms with Crippen LogP contribution in [0.2, 0.25) is 0 Å². The van der Waals surface area contributed by atoms with Crippen LogP contribution < -0.4 is 24.4 Å². The molecule has 1 heterocycles. The first-order valence-corrected chi connectivity index (χ1v) is 11.1. The van der Waals surface area contributed by atoms with Crippen molar-refractivity contribution < 1.29 is 38.5 Å². The minimum atomic E-state index is -1.18. The third-order valence-corrected chi connectivity index (χ3v) is 4.91. The molecular weight excluding hydrogens is 456 g/mol. The third-order valence-electron chi connectivity index (χ3n) is 4.91. The first-order chi connectivity index (χ1) is 16.8. The molecule has 0 aromatic heterocycles. The predicted octanol–water partition coefficient (Wildman–Crippen LogP) is 3.64. The van der Waals surface area contributed by atoms with Gasteiger partial charge in [-0.15, -0.1) is 0 Å². The largest absolute Gasteiger partial charge is 0.493 e. The lowest BCUT2D eigenvalue weighted by molar-refractivity contribution is -0.122. The number of hydrogen-bond acceptors (Lipinski definition) is 7. The van der Waals surface area contributed by atoms with Crippen molar-refractivity contribution in [1.29, 1.82) is 0 Å². The average molecular weight is 482 g/mol. The van der Waals surface area contributed by atoms with Crippen molar-refractivity contribution in [3.8, 4) is 17.2 Å². The predicted molar refractivity (Wildman–Crippen MR) is 127 cm³/mol. The van der Waals surface area contributed by atoms with Crippen LogP contribution >= 0.6 is 0 Å². The van der Waals surface area contributed by atoms with Crippen LogP contribution in [0.25, 0.3) is 6.08 Å². The van der Waals surface area contributed by atoms with E-state index in [0.717, 1.165) is 11.3 Å². The zero-order valence-electron chi connectivity index (χ0n) is 19.6. The fourth-order valence-corrected chi connectivity index (χ4v) is 3.36. The number of carboxylic acid groups (broad SMARTS) is 1. The Hall–Kier alpha value is -4.34. The molecule has 3 rings (SSSR count). The zero-order chi connectivity index (χ0) is 25.5. The SMILES string of the molecule is CCCOc1ccc(N2C(=O)NC(=O)/C(=C\c3cc(C(=O)O)ccc3OCC)C2=O)cc1OCC. The van der Waals surface area contributed by atoms with Crippen molar-refractivity contribution in [2.75, 3.05) is 24.7 Å². The van der Waals surface area contributed by atoms with Crippen LogP contribution in [0.1, 0.15) is 43.1 Å². The molecule has 4 amide bonds. The second-order valence-electron chi connectivity index (χ2n) is 7.36. The number of amides is 4. The number of nitrogens with zero attached hydrogens (tertiary/aromatic N) is 1. The average Bonchev–Trinajstić information content (AvgIpc) is 2.82. The summed E-state index contributed by atoms with van der Waals surface area (Å²) in [5.41, 5.74) is -0.0429. The van der Waals surface area contributed by atoms with Crippen LogP contribution in [0.15, 0.2) is 42.0 Å². The van der Waals surface area contributed by atoms with Crippen molar-refractivity contribution >= 4 is 35.6 Å². The summed E-state index contributed by atoms with van der Waals surface area (Å²) < 4.78 is 16.8. The fraction of sp³-hybridized carbons (Fsp3) is 0.280. The van der Waals surface area contributed by atoms with Gasteiger partial charge in [0.2, 0.25) is 0 Å². The molecule has 0 bridgehead atoms. The number of rotatable bonds is 10. The highest BCUT2D eigenvalue weighted by Gasteiger charge is 2.37. The summed E-state index contributed by atoms with van der Waals surface area (Å²) in [6.45, 7) is 6.55.